The maximum atomic E-state index is 8.09. The van der Waals surface area contributed by atoms with Crippen molar-refractivity contribution in [3.63, 3.8) is 0 Å². The molecular weight excluding hydrogens is 222 g/mol. The number of rotatable bonds is 0. The van der Waals surface area contributed by atoms with Crippen LogP contribution in [0.4, 0.5) is 0 Å². The van der Waals surface area contributed by atoms with Crippen molar-refractivity contribution in [3.05, 3.63) is 53.1 Å². The zero-order chi connectivity index (χ0) is 11.1. The molecule has 0 aliphatic rings. The summed E-state index contributed by atoms with van der Waals surface area (Å²) in [6, 6.07) is 11.1. The van der Waals surface area contributed by atoms with Gasteiger partial charge in [-0.2, -0.15) is 0 Å². The number of fused-ring (bicyclic) bond motifs is 2. The predicted molar refractivity (Wildman–Crippen MR) is 63.6 cm³/mol. The molecule has 0 spiro atoms. The molecule has 0 unspecified atom stereocenters. The Morgan fingerprint density at radius 1 is 1.19 bits per heavy atom. The van der Waals surface area contributed by atoms with Crippen molar-refractivity contribution < 1.29 is 0 Å². The van der Waals surface area contributed by atoms with Gasteiger partial charge in [-0.15, -0.1) is 0 Å². The van der Waals surface area contributed by atoms with Crippen LogP contribution in [0.15, 0.2) is 42.6 Å². The van der Waals surface area contributed by atoms with Crippen LogP contribution in [0.3, 0.4) is 0 Å². The molecule has 3 nitrogen and oxygen atoms in total. The van der Waals surface area contributed by atoms with Crippen molar-refractivity contribution in [2.75, 3.05) is 0 Å². The van der Waals surface area contributed by atoms with Crippen LogP contribution in [-0.2, 0) is 0 Å². The molecule has 2 heterocycles. The molecule has 3 rings (SSSR count). The van der Waals surface area contributed by atoms with Crippen LogP contribution in [0.25, 0.3) is 16.6 Å². The minimum absolute atomic E-state index is 0.406. The van der Waals surface area contributed by atoms with Gasteiger partial charge in [0.1, 0.15) is 11.1 Å². The summed E-state index contributed by atoms with van der Waals surface area (Å²) in [5, 5.41) is 9.48. The average molecular weight is 230 g/mol. The van der Waals surface area contributed by atoms with E-state index in [1.165, 1.54) is 0 Å². The first-order valence-electron chi connectivity index (χ1n) is 4.87. The Hall–Kier alpha value is -1.87. The van der Waals surface area contributed by atoms with E-state index in [9.17, 15) is 0 Å². The van der Waals surface area contributed by atoms with Crippen LogP contribution in [0, 0.1) is 5.41 Å². The Morgan fingerprint density at radius 2 is 2.06 bits per heavy atom. The lowest BCUT2D eigenvalue weighted by molar-refractivity contribution is 1.00. The van der Waals surface area contributed by atoms with E-state index >= 15 is 0 Å². The second-order valence-electron chi connectivity index (χ2n) is 3.55. The third-order valence-electron chi connectivity index (χ3n) is 2.53. The molecule has 0 saturated heterocycles. The zero-order valence-corrected chi connectivity index (χ0v) is 9.07. The Bertz CT molecular complexity index is 746. The van der Waals surface area contributed by atoms with Crippen LogP contribution in [-0.4, -0.2) is 9.38 Å². The Kier molecular flexibility index (Phi) is 1.94. The largest absolute Gasteiger partial charge is 0.286 e. The lowest BCUT2D eigenvalue weighted by Gasteiger charge is -2.04. The topological polar surface area (TPSA) is 41.2 Å². The van der Waals surface area contributed by atoms with Crippen LogP contribution < -0.4 is 5.49 Å². The maximum Gasteiger partial charge on any atom is 0.140 e. The van der Waals surface area contributed by atoms with Gasteiger partial charge in [0, 0.05) is 16.6 Å². The van der Waals surface area contributed by atoms with Crippen LogP contribution in [0.5, 0.6) is 0 Å². The fourth-order valence-electron chi connectivity index (χ4n) is 1.76. The molecule has 0 bridgehead atoms. The van der Waals surface area contributed by atoms with Crippen LogP contribution in [0.1, 0.15) is 0 Å². The second-order valence-corrected chi connectivity index (χ2v) is 3.99. The lowest BCUT2D eigenvalue weighted by atomic mass is 10.2. The van der Waals surface area contributed by atoms with E-state index < -0.39 is 0 Å². The molecule has 1 aromatic carbocycles. The minimum atomic E-state index is 0.406. The van der Waals surface area contributed by atoms with Gasteiger partial charge < -0.3 is 0 Å². The fourth-order valence-corrected chi connectivity index (χ4v) is 1.93. The summed E-state index contributed by atoms with van der Waals surface area (Å²) in [6.07, 6.45) is 1.82. The van der Waals surface area contributed by atoms with Gasteiger partial charge in [0.2, 0.25) is 0 Å². The summed E-state index contributed by atoms with van der Waals surface area (Å²) < 4.78 is 1.73. The first kappa shape index (κ1) is 9.36. The minimum Gasteiger partial charge on any atom is -0.286 e. The number of aromatic nitrogens is 2. The van der Waals surface area contributed by atoms with Gasteiger partial charge in [-0.1, -0.05) is 17.7 Å². The molecule has 0 aliphatic heterocycles. The van der Waals surface area contributed by atoms with Gasteiger partial charge in [0.05, 0.1) is 5.52 Å². The molecule has 2 aromatic heterocycles. The van der Waals surface area contributed by atoms with Gasteiger partial charge >= 0.3 is 0 Å². The highest BCUT2D eigenvalue weighted by Gasteiger charge is 2.02. The number of nitrogens with zero attached hydrogens (tertiary/aromatic N) is 2. The summed E-state index contributed by atoms with van der Waals surface area (Å²) in [7, 11) is 0. The van der Waals surface area contributed by atoms with E-state index in [0.717, 1.165) is 16.6 Å². The molecule has 0 atom stereocenters. The maximum absolute atomic E-state index is 8.09. The number of nitrogens with one attached hydrogen (secondary N) is 1. The van der Waals surface area contributed by atoms with Gasteiger partial charge in [-0.25, -0.2) is 4.98 Å². The molecule has 0 fully saturated rings. The predicted octanol–water partition coefficient (Wildman–Crippen LogP) is 2.62. The number of hydrogen-bond donors (Lipinski definition) is 1. The highest BCUT2D eigenvalue weighted by Crippen LogP contribution is 2.15. The summed E-state index contributed by atoms with van der Waals surface area (Å²) in [4.78, 5) is 4.46. The summed E-state index contributed by atoms with van der Waals surface area (Å²) >= 11 is 5.92. The molecule has 78 valence electrons. The summed E-state index contributed by atoms with van der Waals surface area (Å²) in [5.74, 6) is 0. The average Bonchev–Trinajstić information content (AvgIpc) is 2.31. The van der Waals surface area contributed by atoms with E-state index in [4.69, 9.17) is 17.0 Å². The lowest BCUT2D eigenvalue weighted by Crippen LogP contribution is -2.14. The monoisotopic (exact) mass is 229 g/mol. The van der Waals surface area contributed by atoms with Crippen molar-refractivity contribution >= 4 is 28.2 Å². The molecular formula is C12H8ClN3. The van der Waals surface area contributed by atoms with Crippen LogP contribution in [0.2, 0.25) is 5.02 Å². The first-order chi connectivity index (χ1) is 7.75. The highest BCUT2D eigenvalue weighted by atomic mass is 35.5. The Labute approximate surface area is 96.4 Å². The Balaban J connectivity index is 2.61. The standard InChI is InChI=1S/C12H8ClN3/c13-8-4-5-10-9(7-8)12(14)16-6-2-1-3-11(16)15-10/h1-7,14H. The molecule has 4 heteroatoms. The van der Waals surface area contributed by atoms with Crippen molar-refractivity contribution in [3.8, 4) is 0 Å². The molecule has 16 heavy (non-hydrogen) atoms. The van der Waals surface area contributed by atoms with E-state index in [-0.39, 0.29) is 0 Å². The van der Waals surface area contributed by atoms with Gasteiger partial charge in [0.15, 0.2) is 0 Å². The Morgan fingerprint density at radius 3 is 2.94 bits per heavy atom. The summed E-state index contributed by atoms with van der Waals surface area (Å²) in [5.41, 5.74) is 1.96. The smallest absolute Gasteiger partial charge is 0.140 e. The van der Waals surface area contributed by atoms with Gasteiger partial charge in [-0.3, -0.25) is 9.81 Å². The molecule has 0 aliphatic carbocycles. The SMILES string of the molecule is N=c1c2cc(Cl)ccc2nc2ccccn12. The van der Waals surface area contributed by atoms with Gasteiger partial charge in [-0.05, 0) is 30.3 Å². The van der Waals surface area contributed by atoms with Crippen molar-refractivity contribution in [2.24, 2.45) is 0 Å². The van der Waals surface area contributed by atoms with Crippen molar-refractivity contribution in [2.45, 2.75) is 0 Å². The normalized spacial score (nSPS) is 11.1. The first-order valence-corrected chi connectivity index (χ1v) is 5.25. The summed E-state index contributed by atoms with van der Waals surface area (Å²) in [6.45, 7) is 0. The molecule has 3 aromatic rings. The van der Waals surface area contributed by atoms with E-state index in [0.29, 0.717) is 10.5 Å². The van der Waals surface area contributed by atoms with Crippen molar-refractivity contribution in [1.29, 1.82) is 5.41 Å². The number of benzene rings is 1. The van der Waals surface area contributed by atoms with E-state index in [1.54, 1.807) is 16.5 Å². The molecule has 0 saturated carbocycles. The fraction of sp³-hybridized carbons (Fsp3) is 0. The zero-order valence-electron chi connectivity index (χ0n) is 8.31. The third kappa shape index (κ3) is 1.29. The van der Waals surface area contributed by atoms with Gasteiger partial charge in [0.25, 0.3) is 0 Å². The second kappa shape index (κ2) is 3.32. The molecule has 0 amide bonds. The van der Waals surface area contributed by atoms with E-state index in [2.05, 4.69) is 4.98 Å². The quantitative estimate of drug-likeness (QED) is 0.592. The molecule has 0 radical (unpaired) electrons. The third-order valence-corrected chi connectivity index (χ3v) is 2.76. The number of pyridine rings is 1. The number of hydrogen-bond acceptors (Lipinski definition) is 2. The highest BCUT2D eigenvalue weighted by molar-refractivity contribution is 6.31. The van der Waals surface area contributed by atoms with Crippen LogP contribution >= 0.6 is 11.6 Å². The van der Waals surface area contributed by atoms with E-state index in [1.807, 2.05) is 30.5 Å². The number of halogens is 1. The molecule has 1 N–H and O–H groups in total. The van der Waals surface area contributed by atoms with Crippen molar-refractivity contribution in [1.82, 2.24) is 9.38 Å².